The number of fused-ring (bicyclic) bond motifs is 1. The average molecular weight is 554 g/mol. The molecular weight excluding hydrogens is 523 g/mol. The van der Waals surface area contributed by atoms with Crippen molar-refractivity contribution in [3.8, 4) is 0 Å². The van der Waals surface area contributed by atoms with Crippen LogP contribution in [-0.2, 0) is 14.6 Å². The molecule has 3 heterocycles. The van der Waals surface area contributed by atoms with Crippen molar-refractivity contribution in [3.63, 3.8) is 0 Å². The maximum atomic E-state index is 14.1. The molecule has 0 spiro atoms. The molecule has 37 heavy (non-hydrogen) atoms. The summed E-state index contributed by atoms with van der Waals surface area (Å²) < 4.78 is 66.8. The van der Waals surface area contributed by atoms with Crippen molar-refractivity contribution in [2.24, 2.45) is 5.92 Å². The molecular formula is C26H30F3N3O3S2. The summed E-state index contributed by atoms with van der Waals surface area (Å²) in [5.41, 5.74) is 3.35. The predicted molar refractivity (Wildman–Crippen MR) is 141 cm³/mol. The minimum Gasteiger partial charge on any atom is -0.354 e. The number of nitrogens with one attached hydrogen (secondary N) is 1. The number of anilines is 2. The molecule has 0 aliphatic carbocycles. The van der Waals surface area contributed by atoms with Gasteiger partial charge in [-0.05, 0) is 55.0 Å². The molecule has 1 aliphatic rings. The minimum atomic E-state index is -4.70. The first-order valence-electron chi connectivity index (χ1n) is 12.1. The molecule has 11 heteroatoms. The third-order valence-corrected chi connectivity index (χ3v) is 9.52. The van der Waals surface area contributed by atoms with Gasteiger partial charge >= 0.3 is 6.18 Å². The maximum absolute atomic E-state index is 14.1. The number of benzene rings is 1. The van der Waals surface area contributed by atoms with Crippen LogP contribution in [0.5, 0.6) is 0 Å². The van der Waals surface area contributed by atoms with E-state index in [1.54, 1.807) is 29.7 Å². The highest BCUT2D eigenvalue weighted by atomic mass is 32.2. The van der Waals surface area contributed by atoms with E-state index in [2.05, 4.69) is 24.1 Å². The van der Waals surface area contributed by atoms with Crippen LogP contribution in [0.25, 0.3) is 10.2 Å². The van der Waals surface area contributed by atoms with Crippen LogP contribution >= 0.6 is 11.3 Å². The van der Waals surface area contributed by atoms with E-state index < -0.39 is 33.9 Å². The van der Waals surface area contributed by atoms with E-state index in [0.717, 1.165) is 33.4 Å². The van der Waals surface area contributed by atoms with Crippen LogP contribution in [-0.4, -0.2) is 48.9 Å². The molecule has 0 unspecified atom stereocenters. The number of aryl methyl sites for hydroxylation is 1. The minimum absolute atomic E-state index is 0.0409. The summed E-state index contributed by atoms with van der Waals surface area (Å²) in [6.45, 7) is 6.19. The largest absolute Gasteiger partial charge is 0.413 e. The maximum Gasteiger partial charge on any atom is 0.413 e. The van der Waals surface area contributed by atoms with Crippen LogP contribution < -0.4 is 5.32 Å². The Kier molecular flexibility index (Phi) is 7.58. The van der Waals surface area contributed by atoms with Gasteiger partial charge in [-0.3, -0.25) is 9.78 Å². The van der Waals surface area contributed by atoms with Gasteiger partial charge in [0, 0.05) is 23.5 Å². The van der Waals surface area contributed by atoms with Crippen molar-refractivity contribution in [2.45, 2.75) is 51.7 Å². The molecule has 1 amide bonds. The quantitative estimate of drug-likeness (QED) is 0.384. The molecule has 0 radical (unpaired) electrons. The fourth-order valence-electron chi connectivity index (χ4n) is 4.88. The normalized spacial score (nSPS) is 17.2. The van der Waals surface area contributed by atoms with Gasteiger partial charge in [-0.25, -0.2) is 8.42 Å². The van der Waals surface area contributed by atoms with Crippen molar-refractivity contribution in [1.29, 1.82) is 0 Å². The van der Waals surface area contributed by atoms with E-state index in [4.69, 9.17) is 0 Å². The second-order valence-corrected chi connectivity index (χ2v) is 13.4. The van der Waals surface area contributed by atoms with E-state index in [9.17, 15) is 26.4 Å². The predicted octanol–water partition coefficient (Wildman–Crippen LogP) is 6.36. The summed E-state index contributed by atoms with van der Waals surface area (Å²) in [5, 5.41) is 3.30. The Bertz CT molecular complexity index is 1390. The molecule has 1 saturated heterocycles. The number of amides is 1. The van der Waals surface area contributed by atoms with Gasteiger partial charge < -0.3 is 10.2 Å². The number of pyridine rings is 1. The number of halogens is 3. The van der Waals surface area contributed by atoms with Gasteiger partial charge in [0.25, 0.3) is 0 Å². The highest BCUT2D eigenvalue weighted by molar-refractivity contribution is 7.91. The number of thiophene rings is 1. The van der Waals surface area contributed by atoms with Crippen LogP contribution in [0, 0.1) is 12.8 Å². The topological polar surface area (TPSA) is 79.4 Å². The molecule has 1 N–H and O–H groups in total. The molecule has 2 aromatic heterocycles. The molecule has 6 nitrogen and oxygen atoms in total. The lowest BCUT2D eigenvalue weighted by Gasteiger charge is -2.34. The van der Waals surface area contributed by atoms with Crippen molar-refractivity contribution in [2.75, 3.05) is 23.9 Å². The highest BCUT2D eigenvalue weighted by Crippen LogP contribution is 2.40. The van der Waals surface area contributed by atoms with Gasteiger partial charge in [0.2, 0.25) is 5.91 Å². The lowest BCUT2D eigenvalue weighted by Crippen LogP contribution is -2.44. The number of rotatable bonds is 6. The molecule has 3 aromatic rings. The zero-order chi connectivity index (χ0) is 27.1. The fraction of sp³-hybridized carbons (Fsp3) is 0.462. The zero-order valence-electron chi connectivity index (χ0n) is 21.1. The Balaban J connectivity index is 1.58. The van der Waals surface area contributed by atoms with Gasteiger partial charge in [-0.2, -0.15) is 13.2 Å². The lowest BCUT2D eigenvalue weighted by atomic mass is 9.98. The molecule has 0 saturated carbocycles. The third-order valence-electron chi connectivity index (χ3n) is 6.73. The Morgan fingerprint density at radius 2 is 1.78 bits per heavy atom. The Morgan fingerprint density at radius 3 is 2.35 bits per heavy atom. The van der Waals surface area contributed by atoms with E-state index >= 15 is 0 Å². The first kappa shape index (κ1) is 27.4. The zero-order valence-corrected chi connectivity index (χ0v) is 22.7. The van der Waals surface area contributed by atoms with E-state index in [-0.39, 0.29) is 35.8 Å². The smallest absolute Gasteiger partial charge is 0.354 e. The number of alkyl halides is 3. The van der Waals surface area contributed by atoms with Crippen LogP contribution in [0.4, 0.5) is 24.5 Å². The van der Waals surface area contributed by atoms with Gasteiger partial charge in [-0.1, -0.05) is 26.0 Å². The van der Waals surface area contributed by atoms with E-state index in [1.807, 2.05) is 13.0 Å². The summed E-state index contributed by atoms with van der Waals surface area (Å²) in [4.78, 5) is 19.3. The number of sulfone groups is 1. The molecule has 1 aliphatic heterocycles. The Morgan fingerprint density at radius 1 is 1.16 bits per heavy atom. The molecule has 4 rings (SSSR count). The van der Waals surface area contributed by atoms with Crippen LogP contribution in [0.1, 0.15) is 54.7 Å². The standard InChI is InChI=1S/C26H30F3N3O3S2/c1-15(2)22-21(14-30-20-13-16(3)36-23(20)22)31-19-7-5-17(6-8-19)24(26(27,28)29)32(4)25(33)18-9-11-37(34,35)12-10-18/h5-8,13-15,18,24,31H,9-12H2,1-4H3/t24-/m0/s1. The first-order valence-corrected chi connectivity index (χ1v) is 14.7. The highest BCUT2D eigenvalue weighted by Gasteiger charge is 2.46. The Hall–Kier alpha value is -2.66. The second-order valence-electron chi connectivity index (χ2n) is 9.88. The van der Waals surface area contributed by atoms with Crippen LogP contribution in [0.2, 0.25) is 0 Å². The Labute approximate surface area is 218 Å². The fourth-order valence-corrected chi connectivity index (χ4v) is 7.53. The summed E-state index contributed by atoms with van der Waals surface area (Å²) >= 11 is 1.66. The number of nitrogens with zero attached hydrogens (tertiary/aromatic N) is 2. The second kappa shape index (κ2) is 10.2. The molecule has 1 atom stereocenters. The molecule has 1 fully saturated rings. The summed E-state index contributed by atoms with van der Waals surface area (Å²) in [7, 11) is -2.10. The van der Waals surface area contributed by atoms with Crippen LogP contribution in [0.3, 0.4) is 0 Å². The van der Waals surface area contributed by atoms with Crippen LogP contribution in [0.15, 0.2) is 36.5 Å². The number of aromatic nitrogens is 1. The number of hydrogen-bond donors (Lipinski definition) is 1. The first-order chi connectivity index (χ1) is 17.3. The summed E-state index contributed by atoms with van der Waals surface area (Å²) in [6, 6.07) is 5.76. The SMILES string of the molecule is Cc1cc2ncc(Nc3ccc([C@H](N(C)C(=O)C4CCS(=O)(=O)CC4)C(F)(F)F)cc3)c(C(C)C)c2s1. The molecule has 200 valence electrons. The molecule has 1 aromatic carbocycles. The van der Waals surface area contributed by atoms with Crippen molar-refractivity contribution < 1.29 is 26.4 Å². The monoisotopic (exact) mass is 553 g/mol. The summed E-state index contributed by atoms with van der Waals surface area (Å²) in [5.74, 6) is -1.59. The van der Waals surface area contributed by atoms with E-state index in [1.165, 1.54) is 12.1 Å². The summed E-state index contributed by atoms with van der Waals surface area (Å²) in [6.07, 6.45) is -2.87. The lowest BCUT2D eigenvalue weighted by molar-refractivity contribution is -0.190. The van der Waals surface area contributed by atoms with Gasteiger partial charge in [0.05, 0.1) is 33.6 Å². The third kappa shape index (κ3) is 5.93. The number of carbonyl (C=O) groups excluding carboxylic acids is 1. The van der Waals surface area contributed by atoms with Crippen molar-refractivity contribution >= 4 is 48.7 Å². The number of carbonyl (C=O) groups is 1. The van der Waals surface area contributed by atoms with E-state index in [0.29, 0.717) is 10.6 Å². The van der Waals surface area contributed by atoms with Gasteiger partial charge in [-0.15, -0.1) is 11.3 Å². The van der Waals surface area contributed by atoms with Crippen molar-refractivity contribution in [1.82, 2.24) is 9.88 Å². The number of hydrogen-bond acceptors (Lipinski definition) is 6. The van der Waals surface area contributed by atoms with Crippen molar-refractivity contribution in [3.05, 3.63) is 52.5 Å². The average Bonchev–Trinajstić information content (AvgIpc) is 3.18. The van der Waals surface area contributed by atoms with Gasteiger partial charge in [0.1, 0.15) is 9.84 Å². The molecule has 0 bridgehead atoms. The van der Waals surface area contributed by atoms with Gasteiger partial charge in [0.15, 0.2) is 6.04 Å².